The minimum atomic E-state index is 0.869. The third-order valence-electron chi connectivity index (χ3n) is 1.80. The normalized spacial score (nSPS) is 10.2. The third kappa shape index (κ3) is 3.05. The van der Waals surface area contributed by atoms with Crippen molar-refractivity contribution in [2.75, 3.05) is 6.54 Å². The summed E-state index contributed by atoms with van der Waals surface area (Å²) < 4.78 is 0. The standard InChI is InChI=1S/C11H16N/c1-3-8-12-9-11-6-4-10(2)5-7-11/h4-7H,3,8-9H2,1-2H3. The van der Waals surface area contributed by atoms with Crippen molar-refractivity contribution in [2.45, 2.75) is 26.8 Å². The van der Waals surface area contributed by atoms with Crippen LogP contribution in [-0.2, 0) is 6.54 Å². The van der Waals surface area contributed by atoms with Crippen molar-refractivity contribution >= 4 is 0 Å². The van der Waals surface area contributed by atoms with Gasteiger partial charge < -0.3 is 0 Å². The first kappa shape index (κ1) is 9.27. The van der Waals surface area contributed by atoms with Gasteiger partial charge in [0.2, 0.25) is 0 Å². The molecule has 0 heterocycles. The van der Waals surface area contributed by atoms with E-state index in [0.717, 1.165) is 19.5 Å². The Kier molecular flexibility index (Phi) is 3.81. The second kappa shape index (κ2) is 4.94. The summed E-state index contributed by atoms with van der Waals surface area (Å²) >= 11 is 0. The molecule has 0 aliphatic rings. The van der Waals surface area contributed by atoms with Crippen molar-refractivity contribution < 1.29 is 0 Å². The minimum Gasteiger partial charge on any atom is -0.237 e. The first-order chi connectivity index (χ1) is 5.83. The van der Waals surface area contributed by atoms with E-state index in [1.54, 1.807) is 0 Å². The van der Waals surface area contributed by atoms with E-state index >= 15 is 0 Å². The van der Waals surface area contributed by atoms with Crippen molar-refractivity contribution in [2.24, 2.45) is 0 Å². The summed E-state index contributed by atoms with van der Waals surface area (Å²) in [7, 11) is 0. The van der Waals surface area contributed by atoms with Crippen LogP contribution in [0.3, 0.4) is 0 Å². The van der Waals surface area contributed by atoms with E-state index in [-0.39, 0.29) is 0 Å². The van der Waals surface area contributed by atoms with Crippen LogP contribution in [0.2, 0.25) is 0 Å². The van der Waals surface area contributed by atoms with Crippen molar-refractivity contribution in [1.29, 1.82) is 0 Å². The maximum Gasteiger partial charge on any atom is 0.0384 e. The number of aryl methyl sites for hydroxylation is 1. The Morgan fingerprint density at radius 1 is 1.17 bits per heavy atom. The van der Waals surface area contributed by atoms with Crippen LogP contribution in [0.5, 0.6) is 0 Å². The third-order valence-corrected chi connectivity index (χ3v) is 1.80. The predicted molar refractivity (Wildman–Crippen MR) is 52.2 cm³/mol. The van der Waals surface area contributed by atoms with Crippen LogP contribution in [-0.4, -0.2) is 6.54 Å². The molecule has 0 aromatic heterocycles. The lowest BCUT2D eigenvalue weighted by Crippen LogP contribution is -2.05. The smallest absolute Gasteiger partial charge is 0.0384 e. The first-order valence-corrected chi connectivity index (χ1v) is 4.51. The number of hydrogen-bond acceptors (Lipinski definition) is 0. The maximum absolute atomic E-state index is 4.39. The zero-order valence-corrected chi connectivity index (χ0v) is 7.88. The molecule has 1 aromatic carbocycles. The SMILES string of the molecule is CCC[N]Cc1ccc(C)cc1. The van der Waals surface area contributed by atoms with Gasteiger partial charge >= 0.3 is 0 Å². The highest BCUT2D eigenvalue weighted by atomic mass is 14.8. The average molecular weight is 162 g/mol. The molecule has 0 aliphatic heterocycles. The van der Waals surface area contributed by atoms with E-state index in [9.17, 15) is 0 Å². The summed E-state index contributed by atoms with van der Waals surface area (Å²) in [5.74, 6) is 0. The fourth-order valence-electron chi connectivity index (χ4n) is 1.06. The van der Waals surface area contributed by atoms with Gasteiger partial charge in [-0.25, -0.2) is 5.32 Å². The maximum atomic E-state index is 4.39. The van der Waals surface area contributed by atoms with Gasteiger partial charge in [-0.05, 0) is 18.9 Å². The van der Waals surface area contributed by atoms with Crippen molar-refractivity contribution in [3.8, 4) is 0 Å². The summed E-state index contributed by atoms with van der Waals surface area (Å²) in [6.45, 7) is 6.10. The monoisotopic (exact) mass is 162 g/mol. The molecule has 1 radical (unpaired) electrons. The number of benzene rings is 1. The van der Waals surface area contributed by atoms with Gasteiger partial charge in [-0.15, -0.1) is 0 Å². The molecule has 0 saturated heterocycles. The Morgan fingerprint density at radius 2 is 1.83 bits per heavy atom. The van der Waals surface area contributed by atoms with Crippen LogP contribution in [0.25, 0.3) is 0 Å². The van der Waals surface area contributed by atoms with Crippen LogP contribution < -0.4 is 5.32 Å². The summed E-state index contributed by atoms with van der Waals surface area (Å²) in [4.78, 5) is 0. The van der Waals surface area contributed by atoms with E-state index in [1.807, 2.05) is 0 Å². The first-order valence-electron chi connectivity index (χ1n) is 4.51. The van der Waals surface area contributed by atoms with E-state index in [4.69, 9.17) is 0 Å². The van der Waals surface area contributed by atoms with Gasteiger partial charge in [-0.1, -0.05) is 36.8 Å². The molecule has 0 saturated carbocycles. The van der Waals surface area contributed by atoms with Gasteiger partial charge in [0.1, 0.15) is 0 Å². The molecule has 12 heavy (non-hydrogen) atoms. The highest BCUT2D eigenvalue weighted by Crippen LogP contribution is 2.02. The largest absolute Gasteiger partial charge is 0.237 e. The fraction of sp³-hybridized carbons (Fsp3) is 0.455. The molecule has 0 aliphatic carbocycles. The highest BCUT2D eigenvalue weighted by Gasteiger charge is 1.91. The molecule has 1 nitrogen and oxygen atoms in total. The molecule has 0 fully saturated rings. The Morgan fingerprint density at radius 3 is 2.42 bits per heavy atom. The van der Waals surface area contributed by atoms with E-state index in [1.165, 1.54) is 11.1 Å². The summed E-state index contributed by atoms with van der Waals surface area (Å²) in [6, 6.07) is 8.57. The number of rotatable bonds is 4. The molecule has 0 amide bonds. The Balaban J connectivity index is 2.37. The minimum absolute atomic E-state index is 0.869. The summed E-state index contributed by atoms with van der Waals surface area (Å²) in [5.41, 5.74) is 2.63. The van der Waals surface area contributed by atoms with Gasteiger partial charge in [0.05, 0.1) is 0 Å². The molecule has 1 rings (SSSR count). The van der Waals surface area contributed by atoms with E-state index < -0.39 is 0 Å². The molecule has 0 atom stereocenters. The molecule has 0 N–H and O–H groups in total. The molecule has 0 unspecified atom stereocenters. The average Bonchev–Trinajstić information content (AvgIpc) is 2.09. The van der Waals surface area contributed by atoms with E-state index in [2.05, 4.69) is 43.4 Å². The molecule has 1 heteroatoms. The molecular formula is C11H16N. The summed E-state index contributed by atoms with van der Waals surface area (Å²) in [5, 5.41) is 4.39. The fourth-order valence-corrected chi connectivity index (χ4v) is 1.06. The summed E-state index contributed by atoms with van der Waals surface area (Å²) in [6.07, 6.45) is 1.14. The van der Waals surface area contributed by atoms with E-state index in [0.29, 0.717) is 0 Å². The lowest BCUT2D eigenvalue weighted by Gasteiger charge is -2.00. The van der Waals surface area contributed by atoms with Gasteiger partial charge in [0, 0.05) is 13.1 Å². The highest BCUT2D eigenvalue weighted by molar-refractivity contribution is 5.20. The molecule has 0 spiro atoms. The Hall–Kier alpha value is -0.820. The zero-order chi connectivity index (χ0) is 8.81. The zero-order valence-electron chi connectivity index (χ0n) is 7.88. The van der Waals surface area contributed by atoms with Crippen LogP contribution in [0.1, 0.15) is 24.5 Å². The predicted octanol–water partition coefficient (Wildman–Crippen LogP) is 2.51. The lowest BCUT2D eigenvalue weighted by atomic mass is 10.1. The van der Waals surface area contributed by atoms with Crippen molar-refractivity contribution in [1.82, 2.24) is 5.32 Å². The Bertz CT molecular complexity index is 213. The number of hydrogen-bond donors (Lipinski definition) is 0. The lowest BCUT2D eigenvalue weighted by molar-refractivity contribution is 0.661. The van der Waals surface area contributed by atoms with Crippen LogP contribution in [0, 0.1) is 6.92 Å². The van der Waals surface area contributed by atoms with Crippen LogP contribution in [0.15, 0.2) is 24.3 Å². The molecule has 0 bridgehead atoms. The van der Waals surface area contributed by atoms with Crippen LogP contribution >= 0.6 is 0 Å². The topological polar surface area (TPSA) is 14.1 Å². The number of nitrogens with zero attached hydrogens (tertiary/aromatic N) is 1. The molecule has 1 aromatic rings. The second-order valence-corrected chi connectivity index (χ2v) is 3.09. The van der Waals surface area contributed by atoms with Crippen LogP contribution in [0.4, 0.5) is 0 Å². The quantitative estimate of drug-likeness (QED) is 0.604. The Labute approximate surface area is 74.8 Å². The second-order valence-electron chi connectivity index (χ2n) is 3.09. The van der Waals surface area contributed by atoms with Crippen molar-refractivity contribution in [3.63, 3.8) is 0 Å². The van der Waals surface area contributed by atoms with Gasteiger partial charge in [0.15, 0.2) is 0 Å². The van der Waals surface area contributed by atoms with Gasteiger partial charge in [-0.2, -0.15) is 0 Å². The van der Waals surface area contributed by atoms with Gasteiger partial charge in [0.25, 0.3) is 0 Å². The van der Waals surface area contributed by atoms with Gasteiger partial charge in [-0.3, -0.25) is 0 Å². The molecular weight excluding hydrogens is 146 g/mol. The van der Waals surface area contributed by atoms with Crippen molar-refractivity contribution in [3.05, 3.63) is 35.4 Å². The molecule has 65 valence electrons.